The number of rotatable bonds is 4. The summed E-state index contributed by atoms with van der Waals surface area (Å²) in [6.07, 6.45) is -1.89. The molecule has 202 valence electrons. The largest absolute Gasteiger partial charge is 0.507 e. The molecule has 0 bridgehead atoms. The van der Waals surface area contributed by atoms with Gasteiger partial charge in [0, 0.05) is 35.6 Å². The number of aromatic hydroxyl groups is 2. The Labute approximate surface area is 224 Å². The SMILES string of the molecule is COc1cccc2c1C(=O)c1c(O)c3c(c(O)c1C2=O)C=C(C(C)=O)C[C@@H]3O[C@H]1C[C@H](N)[C@H](O)[C@H](C)O1.Cl. The van der Waals surface area contributed by atoms with Gasteiger partial charge in [-0.1, -0.05) is 12.1 Å². The molecule has 0 spiro atoms. The van der Waals surface area contributed by atoms with Crippen molar-refractivity contribution in [3.63, 3.8) is 0 Å². The minimum atomic E-state index is -1.02. The van der Waals surface area contributed by atoms with E-state index in [1.165, 1.54) is 32.2 Å². The van der Waals surface area contributed by atoms with Crippen LogP contribution in [0.3, 0.4) is 0 Å². The third kappa shape index (κ3) is 4.18. The molecule has 0 amide bonds. The van der Waals surface area contributed by atoms with Crippen LogP contribution in [0.5, 0.6) is 17.2 Å². The molecule has 11 heteroatoms. The smallest absolute Gasteiger partial charge is 0.202 e. The van der Waals surface area contributed by atoms with Crippen molar-refractivity contribution < 1.29 is 43.9 Å². The van der Waals surface area contributed by atoms with E-state index < -0.39 is 53.7 Å². The van der Waals surface area contributed by atoms with Gasteiger partial charge in [-0.2, -0.15) is 0 Å². The first-order chi connectivity index (χ1) is 17.5. The molecule has 2 aromatic carbocycles. The van der Waals surface area contributed by atoms with E-state index in [1.807, 2.05) is 0 Å². The van der Waals surface area contributed by atoms with Crippen LogP contribution in [0, 0.1) is 0 Å². The first-order valence-corrected chi connectivity index (χ1v) is 11.9. The Morgan fingerprint density at radius 1 is 1.11 bits per heavy atom. The summed E-state index contributed by atoms with van der Waals surface area (Å²) in [5.41, 5.74) is 5.68. The number of phenols is 2. The summed E-state index contributed by atoms with van der Waals surface area (Å²) in [5, 5.41) is 32.8. The highest BCUT2D eigenvalue weighted by Gasteiger charge is 2.43. The number of ether oxygens (including phenoxy) is 3. The first kappa shape index (κ1) is 27.7. The van der Waals surface area contributed by atoms with Crippen LogP contribution in [0.15, 0.2) is 23.8 Å². The zero-order valence-corrected chi connectivity index (χ0v) is 21.7. The second-order valence-corrected chi connectivity index (χ2v) is 9.53. The molecule has 0 aromatic heterocycles. The van der Waals surface area contributed by atoms with Gasteiger partial charge in [0.05, 0.1) is 42.1 Å². The first-order valence-electron chi connectivity index (χ1n) is 11.9. The molecule has 0 unspecified atom stereocenters. The van der Waals surface area contributed by atoms with Gasteiger partial charge in [-0.15, -0.1) is 12.4 Å². The van der Waals surface area contributed by atoms with Gasteiger partial charge in [0.25, 0.3) is 0 Å². The number of aliphatic hydroxyl groups excluding tert-OH is 1. The number of aliphatic hydroxyl groups is 1. The number of phenolic OH excluding ortho intramolecular Hbond substituents is 2. The van der Waals surface area contributed by atoms with Crippen LogP contribution in [0.4, 0.5) is 0 Å². The van der Waals surface area contributed by atoms with E-state index in [0.29, 0.717) is 0 Å². The molecule has 3 aliphatic rings. The van der Waals surface area contributed by atoms with Gasteiger partial charge in [0.2, 0.25) is 5.78 Å². The summed E-state index contributed by atoms with van der Waals surface area (Å²) >= 11 is 0. The van der Waals surface area contributed by atoms with Gasteiger partial charge in [-0.25, -0.2) is 0 Å². The Kier molecular flexibility index (Phi) is 7.39. The van der Waals surface area contributed by atoms with E-state index in [2.05, 4.69) is 0 Å². The number of nitrogens with two attached hydrogens (primary N) is 1. The van der Waals surface area contributed by atoms with Crippen molar-refractivity contribution in [1.29, 1.82) is 0 Å². The lowest BCUT2D eigenvalue weighted by molar-refractivity contribution is -0.240. The fraction of sp³-hybridized carbons (Fsp3) is 0.370. The molecule has 2 aromatic rings. The van der Waals surface area contributed by atoms with Crippen molar-refractivity contribution in [1.82, 2.24) is 0 Å². The number of benzene rings is 2. The minimum Gasteiger partial charge on any atom is -0.507 e. The molecule has 2 aliphatic carbocycles. The molecular weight excluding hydrogens is 518 g/mol. The predicted octanol–water partition coefficient (Wildman–Crippen LogP) is 2.56. The molecule has 10 nitrogen and oxygen atoms in total. The topological polar surface area (TPSA) is 166 Å². The van der Waals surface area contributed by atoms with Gasteiger partial charge >= 0.3 is 0 Å². The maximum absolute atomic E-state index is 13.6. The standard InChI is InChI=1S/C27H27NO9.ClH/c1-10(29)12-7-14-20(17(8-12)37-18-9-15(28)23(30)11(2)36-18)27(34)22-21(25(14)32)24(31)13-5-4-6-16(35-3)19(13)26(22)33;/h4-7,11,15,17-18,23,30,32,34H,8-9,28H2,1-3H3;1H/t11-,15-,17-,18-,23+;/m0./s1. The predicted molar refractivity (Wildman–Crippen MR) is 137 cm³/mol. The summed E-state index contributed by atoms with van der Waals surface area (Å²) in [6, 6.07) is 3.89. The lowest BCUT2D eigenvalue weighted by atomic mass is 9.77. The summed E-state index contributed by atoms with van der Waals surface area (Å²) in [6.45, 7) is 3.00. The van der Waals surface area contributed by atoms with Gasteiger partial charge in [0.1, 0.15) is 17.2 Å². The normalized spacial score (nSPS) is 25.9. The number of hydrogen-bond acceptors (Lipinski definition) is 10. The van der Waals surface area contributed by atoms with Crippen molar-refractivity contribution in [3.05, 3.63) is 57.2 Å². The van der Waals surface area contributed by atoms with Crippen molar-refractivity contribution in [2.24, 2.45) is 5.73 Å². The second-order valence-electron chi connectivity index (χ2n) is 9.53. The van der Waals surface area contributed by atoms with Crippen LogP contribution in [0.25, 0.3) is 6.08 Å². The van der Waals surface area contributed by atoms with Crippen LogP contribution in [-0.4, -0.2) is 64.3 Å². The molecule has 5 N–H and O–H groups in total. The highest BCUT2D eigenvalue weighted by atomic mass is 35.5. The maximum Gasteiger partial charge on any atom is 0.202 e. The molecule has 38 heavy (non-hydrogen) atoms. The second kappa shape index (κ2) is 10.1. The van der Waals surface area contributed by atoms with Crippen LogP contribution >= 0.6 is 12.4 Å². The Hall–Kier alpha value is -3.28. The molecule has 5 rings (SSSR count). The molecule has 1 aliphatic heterocycles. The van der Waals surface area contributed by atoms with Crippen LogP contribution < -0.4 is 10.5 Å². The highest BCUT2D eigenvalue weighted by Crippen LogP contribution is 2.51. The number of ketones is 3. The molecule has 1 saturated heterocycles. The Morgan fingerprint density at radius 2 is 1.79 bits per heavy atom. The number of halogens is 1. The fourth-order valence-corrected chi connectivity index (χ4v) is 5.31. The molecule has 5 atom stereocenters. The van der Waals surface area contributed by atoms with Crippen molar-refractivity contribution in [3.8, 4) is 17.2 Å². The summed E-state index contributed by atoms with van der Waals surface area (Å²) in [7, 11) is 1.36. The lowest BCUT2D eigenvalue weighted by Gasteiger charge is -2.38. The summed E-state index contributed by atoms with van der Waals surface area (Å²) in [4.78, 5) is 39.4. The fourth-order valence-electron chi connectivity index (χ4n) is 5.31. The van der Waals surface area contributed by atoms with Crippen molar-refractivity contribution >= 4 is 35.8 Å². The quantitative estimate of drug-likeness (QED) is 0.358. The molecule has 0 radical (unpaired) electrons. The number of hydrogen-bond donors (Lipinski definition) is 4. The van der Waals surface area contributed by atoms with Crippen molar-refractivity contribution in [2.75, 3.05) is 7.11 Å². The maximum atomic E-state index is 13.6. The minimum absolute atomic E-state index is 0. The van der Waals surface area contributed by atoms with E-state index in [1.54, 1.807) is 13.0 Å². The monoisotopic (exact) mass is 545 g/mol. The highest BCUT2D eigenvalue weighted by molar-refractivity contribution is 6.31. The summed E-state index contributed by atoms with van der Waals surface area (Å²) < 4.78 is 17.2. The van der Waals surface area contributed by atoms with Gasteiger partial charge in [-0.05, 0) is 31.6 Å². The third-order valence-electron chi connectivity index (χ3n) is 7.26. The van der Waals surface area contributed by atoms with E-state index >= 15 is 0 Å². The molecule has 1 fully saturated rings. The number of carbonyl (C=O) groups is 3. The zero-order chi connectivity index (χ0) is 26.8. The average Bonchev–Trinajstić information content (AvgIpc) is 2.86. The number of Topliss-reactive ketones (excluding diaryl/α,β-unsaturated/α-hetero) is 1. The van der Waals surface area contributed by atoms with E-state index in [0.717, 1.165) is 0 Å². The Balaban J connectivity index is 0.00000336. The average molecular weight is 546 g/mol. The van der Waals surface area contributed by atoms with Crippen LogP contribution in [0.1, 0.15) is 75.8 Å². The van der Waals surface area contributed by atoms with E-state index in [-0.39, 0.29) is 75.7 Å². The number of carbonyl (C=O) groups excluding carboxylic acids is 3. The zero-order valence-electron chi connectivity index (χ0n) is 20.9. The van der Waals surface area contributed by atoms with Crippen LogP contribution in [-0.2, 0) is 14.3 Å². The number of fused-ring (bicyclic) bond motifs is 3. The van der Waals surface area contributed by atoms with Crippen molar-refractivity contribution in [2.45, 2.75) is 57.3 Å². The number of methoxy groups -OCH3 is 1. The Morgan fingerprint density at radius 3 is 2.42 bits per heavy atom. The van der Waals surface area contributed by atoms with Crippen LogP contribution in [0.2, 0.25) is 0 Å². The van der Waals surface area contributed by atoms with Gasteiger partial charge in [-0.3, -0.25) is 14.4 Å². The van der Waals surface area contributed by atoms with E-state index in [9.17, 15) is 29.7 Å². The lowest BCUT2D eigenvalue weighted by Crippen LogP contribution is -2.51. The molecule has 1 heterocycles. The summed E-state index contributed by atoms with van der Waals surface area (Å²) in [5.74, 6) is -2.56. The molecular formula is C27H28ClNO9. The molecule has 0 saturated carbocycles. The third-order valence-corrected chi connectivity index (χ3v) is 7.26. The van der Waals surface area contributed by atoms with Gasteiger partial charge in [0.15, 0.2) is 17.9 Å². The van der Waals surface area contributed by atoms with E-state index in [4.69, 9.17) is 19.9 Å². The van der Waals surface area contributed by atoms with Gasteiger partial charge < -0.3 is 35.3 Å². The Bertz CT molecular complexity index is 1370.